The minimum atomic E-state index is -3.78. The zero-order chi connectivity index (χ0) is 32.7. The Bertz CT molecular complexity index is 915. The Hall–Kier alpha value is -1.80. The van der Waals surface area contributed by atoms with Crippen molar-refractivity contribution < 1.29 is 69.9 Å². The Labute approximate surface area is 266 Å². The van der Waals surface area contributed by atoms with Crippen LogP contribution < -0.4 is 0 Å². The van der Waals surface area contributed by atoms with Crippen molar-refractivity contribution in [2.45, 2.75) is 11.8 Å². The first-order valence-corrected chi connectivity index (χ1v) is 16.3. The Morgan fingerprint density at radius 3 is 1.04 bits per heavy atom. The van der Waals surface area contributed by atoms with E-state index in [0.29, 0.717) is 112 Å². The summed E-state index contributed by atoms with van der Waals surface area (Å²) in [6.07, 6.45) is 0. The van der Waals surface area contributed by atoms with E-state index in [1.165, 1.54) is 12.1 Å². The highest BCUT2D eigenvalue weighted by atomic mass is 32.2. The summed E-state index contributed by atoms with van der Waals surface area (Å²) in [6.45, 7) is 9.09. The first-order chi connectivity index (χ1) is 21.9. The van der Waals surface area contributed by atoms with Crippen molar-refractivity contribution in [2.24, 2.45) is 0 Å². The highest BCUT2D eigenvalue weighted by Gasteiger charge is 2.14. The normalized spacial score (nSPS) is 11.8. The topological polar surface area (TPSA) is 173 Å². The lowest BCUT2D eigenvalue weighted by atomic mass is 10.2. The number of benzene rings is 1. The Balaban J connectivity index is 1.69. The van der Waals surface area contributed by atoms with Crippen LogP contribution in [0.2, 0.25) is 0 Å². The van der Waals surface area contributed by atoms with Gasteiger partial charge in [0.05, 0.1) is 137 Å². The third kappa shape index (κ3) is 27.1. The molecule has 0 aromatic heterocycles. The molecular weight excluding hydrogens is 620 g/mol. The molecule has 262 valence electrons. The zero-order valence-electron chi connectivity index (χ0n) is 26.2. The third-order valence-corrected chi connectivity index (χ3v) is 6.68. The van der Waals surface area contributed by atoms with E-state index in [1.54, 1.807) is 12.1 Å². The van der Waals surface area contributed by atoms with Crippen LogP contribution in [0.15, 0.2) is 29.2 Å². The molecule has 0 spiro atoms. The van der Waals surface area contributed by atoms with Crippen molar-refractivity contribution in [3.05, 3.63) is 29.8 Å². The van der Waals surface area contributed by atoms with E-state index in [-0.39, 0.29) is 31.3 Å². The second kappa shape index (κ2) is 29.6. The van der Waals surface area contributed by atoms with Gasteiger partial charge in [-0.3, -0.25) is 4.18 Å². The highest BCUT2D eigenvalue weighted by molar-refractivity contribution is 7.86. The summed E-state index contributed by atoms with van der Waals surface area (Å²) in [5, 5.41) is 8.42. The van der Waals surface area contributed by atoms with Gasteiger partial charge in [0.25, 0.3) is 10.1 Å². The molecule has 1 aromatic rings. The maximum absolute atomic E-state index is 12.1. The largest absolute Gasteiger partial charge is 0.480 e. The Kier molecular flexibility index (Phi) is 27.1. The van der Waals surface area contributed by atoms with Crippen LogP contribution in [-0.2, 0) is 66.5 Å². The van der Waals surface area contributed by atoms with Crippen LogP contribution in [0.25, 0.3) is 0 Å². The number of rotatable bonds is 34. The van der Waals surface area contributed by atoms with Crippen LogP contribution in [0.4, 0.5) is 0 Å². The van der Waals surface area contributed by atoms with Gasteiger partial charge >= 0.3 is 5.97 Å². The highest BCUT2D eigenvalue weighted by Crippen LogP contribution is 2.12. The fraction of sp³-hybridized carbons (Fsp3) is 0.759. The molecule has 0 bridgehead atoms. The number of hydrogen-bond donors (Lipinski definition) is 1. The van der Waals surface area contributed by atoms with Gasteiger partial charge < -0.3 is 52.5 Å². The molecule has 15 nitrogen and oxygen atoms in total. The fourth-order valence-electron chi connectivity index (χ4n) is 3.11. The maximum Gasteiger partial charge on any atom is 0.329 e. The summed E-state index contributed by atoms with van der Waals surface area (Å²) >= 11 is 0. The molecule has 0 aliphatic carbocycles. The zero-order valence-corrected chi connectivity index (χ0v) is 27.0. The second-order valence-corrected chi connectivity index (χ2v) is 10.7. The van der Waals surface area contributed by atoms with Gasteiger partial charge in [0, 0.05) is 0 Å². The van der Waals surface area contributed by atoms with Gasteiger partial charge in [0.2, 0.25) is 0 Å². The van der Waals surface area contributed by atoms with Crippen molar-refractivity contribution in [1.82, 2.24) is 0 Å². The van der Waals surface area contributed by atoms with Gasteiger partial charge in [0.15, 0.2) is 0 Å². The number of hydrogen-bond acceptors (Lipinski definition) is 14. The van der Waals surface area contributed by atoms with Crippen LogP contribution in [0.3, 0.4) is 0 Å². The average Bonchev–Trinajstić information content (AvgIpc) is 3.01. The molecule has 0 aliphatic rings. The molecule has 0 fully saturated rings. The maximum atomic E-state index is 12.1. The SMILES string of the molecule is Cc1ccc(S(=O)(=O)OCCOCCOCCOCCOCCOCCOCCOCCOCCOCCOCC(=O)O)cc1. The van der Waals surface area contributed by atoms with Crippen molar-refractivity contribution in [2.75, 3.05) is 139 Å². The molecule has 0 saturated carbocycles. The van der Waals surface area contributed by atoms with E-state index >= 15 is 0 Å². The molecule has 1 rings (SSSR count). The molecule has 16 heteroatoms. The smallest absolute Gasteiger partial charge is 0.329 e. The molecule has 45 heavy (non-hydrogen) atoms. The predicted octanol–water partition coefficient (Wildman–Crippen LogP) is 0.951. The summed E-state index contributed by atoms with van der Waals surface area (Å²) in [4.78, 5) is 10.4. The molecule has 0 heterocycles. The summed E-state index contributed by atoms with van der Waals surface area (Å²) < 4.78 is 82.4. The summed E-state index contributed by atoms with van der Waals surface area (Å²) in [5.74, 6) is -1.00. The van der Waals surface area contributed by atoms with Crippen LogP contribution in [0, 0.1) is 6.92 Å². The van der Waals surface area contributed by atoms with E-state index in [0.717, 1.165) is 5.56 Å². The van der Waals surface area contributed by atoms with Gasteiger partial charge in [-0.2, -0.15) is 8.42 Å². The fourth-order valence-corrected chi connectivity index (χ4v) is 4.01. The lowest BCUT2D eigenvalue weighted by Gasteiger charge is -2.09. The molecule has 0 atom stereocenters. The van der Waals surface area contributed by atoms with Crippen LogP contribution >= 0.6 is 0 Å². The average molecular weight is 671 g/mol. The standard InChI is InChI=1S/C29H50O15S/c1-27-2-4-28(5-3-27)45(32,33)44-25-24-42-21-20-40-17-16-38-13-12-36-9-8-34-6-7-35-10-11-37-14-15-39-18-19-41-22-23-43-26-29(30)31/h2-5H,6-26H2,1H3,(H,30,31). The van der Waals surface area contributed by atoms with Crippen molar-refractivity contribution in [3.63, 3.8) is 0 Å². The number of aliphatic carboxylic acids is 1. The Morgan fingerprint density at radius 2 is 0.756 bits per heavy atom. The van der Waals surface area contributed by atoms with Gasteiger partial charge in [-0.1, -0.05) is 17.7 Å². The lowest BCUT2D eigenvalue weighted by Crippen LogP contribution is -2.16. The first kappa shape index (κ1) is 41.2. The van der Waals surface area contributed by atoms with Crippen molar-refractivity contribution >= 4 is 16.1 Å². The minimum Gasteiger partial charge on any atom is -0.480 e. The van der Waals surface area contributed by atoms with E-state index in [4.69, 9.17) is 56.7 Å². The number of carboxylic acids is 1. The molecule has 1 aromatic carbocycles. The number of carbonyl (C=O) groups is 1. The molecule has 0 saturated heterocycles. The summed E-state index contributed by atoms with van der Waals surface area (Å²) in [5.41, 5.74) is 0.970. The van der Waals surface area contributed by atoms with Gasteiger partial charge in [-0.05, 0) is 19.1 Å². The molecular formula is C29H50O15S. The van der Waals surface area contributed by atoms with E-state index in [2.05, 4.69) is 0 Å². The molecule has 0 unspecified atom stereocenters. The van der Waals surface area contributed by atoms with Crippen LogP contribution in [0.1, 0.15) is 5.56 Å². The van der Waals surface area contributed by atoms with E-state index in [1.807, 2.05) is 6.92 Å². The van der Waals surface area contributed by atoms with Crippen molar-refractivity contribution in [1.29, 1.82) is 0 Å². The molecule has 1 N–H and O–H groups in total. The third-order valence-electron chi connectivity index (χ3n) is 5.35. The van der Waals surface area contributed by atoms with Crippen LogP contribution in [0.5, 0.6) is 0 Å². The number of carboxylic acid groups (broad SMARTS) is 1. The summed E-state index contributed by atoms with van der Waals surface area (Å²) in [6, 6.07) is 6.46. The molecule has 0 amide bonds. The monoisotopic (exact) mass is 670 g/mol. The number of ether oxygens (including phenoxy) is 10. The quantitative estimate of drug-likeness (QED) is 0.0811. The van der Waals surface area contributed by atoms with Crippen LogP contribution in [-0.4, -0.2) is 158 Å². The van der Waals surface area contributed by atoms with Gasteiger partial charge in [-0.15, -0.1) is 0 Å². The minimum absolute atomic E-state index is 0.0658. The van der Waals surface area contributed by atoms with Crippen molar-refractivity contribution in [3.8, 4) is 0 Å². The molecule has 0 radical (unpaired) electrons. The van der Waals surface area contributed by atoms with Gasteiger partial charge in [0.1, 0.15) is 6.61 Å². The summed E-state index contributed by atoms with van der Waals surface area (Å²) in [7, 11) is -3.78. The molecule has 0 aliphatic heterocycles. The van der Waals surface area contributed by atoms with Gasteiger partial charge in [-0.25, -0.2) is 4.79 Å². The lowest BCUT2D eigenvalue weighted by molar-refractivity contribution is -0.142. The first-order valence-electron chi connectivity index (χ1n) is 14.9. The van der Waals surface area contributed by atoms with E-state index in [9.17, 15) is 13.2 Å². The number of aryl methyl sites for hydroxylation is 1. The predicted molar refractivity (Wildman–Crippen MR) is 160 cm³/mol. The van der Waals surface area contributed by atoms with E-state index < -0.39 is 16.1 Å². The Morgan fingerprint density at radius 1 is 0.489 bits per heavy atom. The second-order valence-electron chi connectivity index (χ2n) is 9.05.